The summed E-state index contributed by atoms with van der Waals surface area (Å²) in [4.78, 5) is 25.8. The summed E-state index contributed by atoms with van der Waals surface area (Å²) < 4.78 is 11.9. The standard InChI is InChI=1S/C23H22ClNO5S2/c1-3-17(22(27)28)25-21(26)20(32-23(25)31)12-14-9-10-18(19(11-14)29-4-2)30-13-15-7-5-6-8-16(15)24/h5-12,17H,3-4,13H2,1-2H3,(H,27,28)/b20-12+. The van der Waals surface area contributed by atoms with Gasteiger partial charge >= 0.3 is 5.97 Å². The fourth-order valence-corrected chi connectivity index (χ4v) is 4.69. The Morgan fingerprint density at radius 1 is 1.22 bits per heavy atom. The third-order valence-electron chi connectivity index (χ3n) is 4.71. The van der Waals surface area contributed by atoms with Crippen molar-refractivity contribution >= 4 is 57.9 Å². The number of benzene rings is 2. The molecule has 1 fully saturated rings. The zero-order valence-electron chi connectivity index (χ0n) is 17.5. The average molecular weight is 492 g/mol. The Kier molecular flexibility index (Phi) is 8.17. The van der Waals surface area contributed by atoms with Crippen LogP contribution in [0, 0.1) is 0 Å². The molecule has 9 heteroatoms. The Morgan fingerprint density at radius 2 is 1.97 bits per heavy atom. The van der Waals surface area contributed by atoms with Crippen LogP contribution in [0.25, 0.3) is 6.08 Å². The van der Waals surface area contributed by atoms with Crippen LogP contribution in [0.5, 0.6) is 11.5 Å². The molecule has 1 amide bonds. The molecule has 0 radical (unpaired) electrons. The maximum atomic E-state index is 12.8. The molecule has 1 saturated heterocycles. The highest BCUT2D eigenvalue weighted by atomic mass is 35.5. The third-order valence-corrected chi connectivity index (χ3v) is 6.41. The molecule has 1 aliphatic heterocycles. The van der Waals surface area contributed by atoms with Crippen molar-refractivity contribution in [3.8, 4) is 11.5 Å². The lowest BCUT2D eigenvalue weighted by Crippen LogP contribution is -2.43. The van der Waals surface area contributed by atoms with Gasteiger partial charge in [-0.15, -0.1) is 0 Å². The van der Waals surface area contributed by atoms with Crippen LogP contribution in [0.3, 0.4) is 0 Å². The molecular weight excluding hydrogens is 470 g/mol. The minimum atomic E-state index is -1.08. The van der Waals surface area contributed by atoms with Crippen molar-refractivity contribution in [1.82, 2.24) is 4.90 Å². The molecule has 0 aromatic heterocycles. The van der Waals surface area contributed by atoms with Gasteiger partial charge in [0, 0.05) is 10.6 Å². The smallest absolute Gasteiger partial charge is 0.326 e. The Labute approximate surface area is 201 Å². The van der Waals surface area contributed by atoms with Crippen LogP contribution < -0.4 is 9.47 Å². The number of halogens is 1. The van der Waals surface area contributed by atoms with Gasteiger partial charge in [0.2, 0.25) is 0 Å². The maximum Gasteiger partial charge on any atom is 0.326 e. The van der Waals surface area contributed by atoms with Gasteiger partial charge in [0.1, 0.15) is 17.0 Å². The fraction of sp³-hybridized carbons (Fsp3) is 0.261. The number of ether oxygens (including phenoxy) is 2. The van der Waals surface area contributed by atoms with E-state index in [0.717, 1.165) is 17.3 Å². The number of hydrogen-bond donors (Lipinski definition) is 1. The van der Waals surface area contributed by atoms with Crippen molar-refractivity contribution in [3.63, 3.8) is 0 Å². The van der Waals surface area contributed by atoms with Crippen LogP contribution in [-0.4, -0.2) is 38.9 Å². The number of carboxylic acid groups (broad SMARTS) is 1. The van der Waals surface area contributed by atoms with Crippen molar-refractivity contribution < 1.29 is 24.2 Å². The van der Waals surface area contributed by atoms with Gasteiger partial charge in [0.05, 0.1) is 11.5 Å². The molecule has 2 aromatic carbocycles. The van der Waals surface area contributed by atoms with Crippen LogP contribution in [-0.2, 0) is 16.2 Å². The number of carboxylic acids is 1. The number of nitrogens with zero attached hydrogens (tertiary/aromatic N) is 1. The molecule has 0 saturated carbocycles. The minimum absolute atomic E-state index is 0.236. The van der Waals surface area contributed by atoms with Crippen LogP contribution in [0.1, 0.15) is 31.4 Å². The first-order valence-electron chi connectivity index (χ1n) is 9.98. The SMILES string of the molecule is CCOc1cc(/C=C2/SC(=S)N(C(CC)C(=O)O)C2=O)ccc1OCc1ccccc1Cl. The molecule has 1 heterocycles. The van der Waals surface area contributed by atoms with E-state index in [9.17, 15) is 14.7 Å². The number of carbonyl (C=O) groups is 2. The molecular formula is C23H22ClNO5S2. The summed E-state index contributed by atoms with van der Waals surface area (Å²) in [6.07, 6.45) is 1.94. The second-order valence-corrected chi connectivity index (χ2v) is 8.92. The molecule has 1 aliphatic rings. The van der Waals surface area contributed by atoms with Gasteiger partial charge in [-0.1, -0.05) is 66.8 Å². The average Bonchev–Trinajstić information content (AvgIpc) is 3.02. The third kappa shape index (κ3) is 5.43. The van der Waals surface area contributed by atoms with Crippen molar-refractivity contribution in [2.24, 2.45) is 0 Å². The first kappa shape index (κ1) is 24.1. The molecule has 32 heavy (non-hydrogen) atoms. The summed E-state index contributed by atoms with van der Waals surface area (Å²) in [7, 11) is 0. The Morgan fingerprint density at radius 3 is 2.62 bits per heavy atom. The van der Waals surface area contributed by atoms with Gasteiger partial charge in [-0.2, -0.15) is 0 Å². The fourth-order valence-electron chi connectivity index (χ4n) is 3.14. The summed E-state index contributed by atoms with van der Waals surface area (Å²) in [5.74, 6) is -0.413. The lowest BCUT2D eigenvalue weighted by molar-refractivity contribution is -0.145. The first-order valence-corrected chi connectivity index (χ1v) is 11.6. The van der Waals surface area contributed by atoms with E-state index in [-0.39, 0.29) is 17.3 Å². The molecule has 0 bridgehead atoms. The van der Waals surface area contributed by atoms with E-state index in [1.54, 1.807) is 37.3 Å². The molecule has 2 aromatic rings. The predicted octanol–water partition coefficient (Wildman–Crippen LogP) is 5.38. The summed E-state index contributed by atoms with van der Waals surface area (Å²) in [5.41, 5.74) is 1.57. The number of carbonyl (C=O) groups excluding carboxylic acids is 1. The topological polar surface area (TPSA) is 76.1 Å². The number of amides is 1. The molecule has 0 spiro atoms. The van der Waals surface area contributed by atoms with Gasteiger partial charge in [0.15, 0.2) is 11.5 Å². The van der Waals surface area contributed by atoms with Gasteiger partial charge in [0.25, 0.3) is 5.91 Å². The quantitative estimate of drug-likeness (QED) is 0.372. The first-order chi connectivity index (χ1) is 15.3. The van der Waals surface area contributed by atoms with E-state index in [0.29, 0.717) is 33.6 Å². The van der Waals surface area contributed by atoms with E-state index in [1.807, 2.05) is 25.1 Å². The lowest BCUT2D eigenvalue weighted by Gasteiger charge is -2.21. The maximum absolute atomic E-state index is 12.8. The highest BCUT2D eigenvalue weighted by Gasteiger charge is 2.39. The van der Waals surface area contributed by atoms with E-state index in [1.165, 1.54) is 4.90 Å². The predicted molar refractivity (Wildman–Crippen MR) is 130 cm³/mol. The van der Waals surface area contributed by atoms with Gasteiger partial charge in [-0.3, -0.25) is 9.69 Å². The van der Waals surface area contributed by atoms with Crippen LogP contribution in [0.15, 0.2) is 47.4 Å². The van der Waals surface area contributed by atoms with Crippen LogP contribution >= 0.6 is 35.6 Å². The summed E-state index contributed by atoms with van der Waals surface area (Å²) in [6, 6.07) is 11.8. The minimum Gasteiger partial charge on any atom is -0.490 e. The number of aliphatic carboxylic acids is 1. The van der Waals surface area contributed by atoms with Gasteiger partial charge < -0.3 is 14.6 Å². The van der Waals surface area contributed by atoms with Gasteiger partial charge in [-0.05, 0) is 43.2 Å². The molecule has 168 valence electrons. The Hall–Kier alpha value is -2.55. The largest absolute Gasteiger partial charge is 0.490 e. The Balaban J connectivity index is 1.83. The molecule has 3 rings (SSSR count). The van der Waals surface area contributed by atoms with Crippen LogP contribution in [0.4, 0.5) is 0 Å². The highest BCUT2D eigenvalue weighted by Crippen LogP contribution is 2.36. The molecule has 1 atom stereocenters. The monoisotopic (exact) mass is 491 g/mol. The van der Waals surface area contributed by atoms with Crippen molar-refractivity contribution in [1.29, 1.82) is 0 Å². The second-order valence-electron chi connectivity index (χ2n) is 6.83. The van der Waals surface area contributed by atoms with Crippen molar-refractivity contribution in [2.45, 2.75) is 32.9 Å². The molecule has 6 nitrogen and oxygen atoms in total. The molecule has 1 N–H and O–H groups in total. The van der Waals surface area contributed by atoms with E-state index >= 15 is 0 Å². The number of hydrogen-bond acceptors (Lipinski definition) is 6. The van der Waals surface area contributed by atoms with E-state index < -0.39 is 17.9 Å². The number of thiocarbonyl (C=S) groups is 1. The number of rotatable bonds is 9. The summed E-state index contributed by atoms with van der Waals surface area (Å²) in [6.45, 7) is 4.29. The van der Waals surface area contributed by atoms with Crippen molar-refractivity contribution in [3.05, 3.63) is 63.5 Å². The van der Waals surface area contributed by atoms with E-state index in [4.69, 9.17) is 33.3 Å². The zero-order chi connectivity index (χ0) is 23.3. The summed E-state index contributed by atoms with van der Waals surface area (Å²) >= 11 is 12.5. The normalized spacial score (nSPS) is 15.8. The van der Waals surface area contributed by atoms with Crippen molar-refractivity contribution in [2.75, 3.05) is 6.61 Å². The summed E-state index contributed by atoms with van der Waals surface area (Å²) in [5, 5.41) is 10.0. The second kappa shape index (κ2) is 10.8. The number of thioether (sulfide) groups is 1. The zero-order valence-corrected chi connectivity index (χ0v) is 19.9. The Bertz CT molecular complexity index is 1070. The van der Waals surface area contributed by atoms with E-state index in [2.05, 4.69) is 0 Å². The lowest BCUT2D eigenvalue weighted by atomic mass is 10.1. The molecule has 0 aliphatic carbocycles. The molecule has 1 unspecified atom stereocenters. The highest BCUT2D eigenvalue weighted by molar-refractivity contribution is 8.26. The van der Waals surface area contributed by atoms with Gasteiger partial charge in [-0.25, -0.2) is 4.79 Å². The van der Waals surface area contributed by atoms with Crippen LogP contribution in [0.2, 0.25) is 5.02 Å².